The number of ether oxygens (including phenoxy) is 1. The summed E-state index contributed by atoms with van der Waals surface area (Å²) in [7, 11) is 1.49. The Morgan fingerprint density at radius 1 is 1.19 bits per heavy atom. The quantitative estimate of drug-likeness (QED) is 0.405. The minimum atomic E-state index is -0.611. The summed E-state index contributed by atoms with van der Waals surface area (Å²) in [6.07, 6.45) is 6.65. The molecule has 1 aliphatic carbocycles. The third-order valence-electron chi connectivity index (χ3n) is 7.49. The standard InChI is InChI=1S/C27H25FN6O2/c1-30-21-7-4-16(11-19(21)28)25-24(15-5-8-23(36-2)22(35)12-15)26-31-9-10-33(26)27(32-25)34-14-17-3-6-18(34)13-20(17)29/h4-5,7-12,17-18,20,35H,3,6,13-14,29H2,2H3. The zero-order valence-electron chi connectivity index (χ0n) is 19.7. The van der Waals surface area contributed by atoms with E-state index in [0.717, 1.165) is 31.8 Å². The maximum Gasteiger partial charge on any atom is 0.222 e. The largest absolute Gasteiger partial charge is 0.504 e. The number of phenols is 1. The predicted octanol–water partition coefficient (Wildman–Crippen LogP) is 4.78. The zero-order chi connectivity index (χ0) is 25.0. The third-order valence-corrected chi connectivity index (χ3v) is 7.49. The number of phenolic OH excluding ortho intramolecular Hbond substituents is 1. The molecule has 0 radical (unpaired) electrons. The van der Waals surface area contributed by atoms with E-state index in [9.17, 15) is 9.50 Å². The van der Waals surface area contributed by atoms with Crippen molar-refractivity contribution in [3.8, 4) is 33.9 Å². The van der Waals surface area contributed by atoms with E-state index >= 15 is 0 Å². The number of halogens is 1. The lowest BCUT2D eigenvalue weighted by molar-refractivity contribution is 0.214. The van der Waals surface area contributed by atoms with E-state index in [2.05, 4.69) is 14.7 Å². The Labute approximate surface area is 207 Å². The van der Waals surface area contributed by atoms with Crippen molar-refractivity contribution in [2.45, 2.75) is 31.3 Å². The van der Waals surface area contributed by atoms with Gasteiger partial charge in [-0.2, -0.15) is 0 Å². The third kappa shape index (κ3) is 3.45. The number of piperidine rings is 2. The van der Waals surface area contributed by atoms with Gasteiger partial charge >= 0.3 is 0 Å². The molecule has 7 rings (SSSR count). The van der Waals surface area contributed by atoms with Gasteiger partial charge < -0.3 is 20.5 Å². The molecule has 3 N–H and O–H groups in total. The number of imidazole rings is 1. The topological polar surface area (TPSA) is 93.3 Å². The SMILES string of the molecule is [C-]#[N+]c1ccc(-c2nc(N3CC4CCC3CC4N)n3ccnc3c2-c2ccc(OC)c(O)c2)cc1F. The Bertz CT molecular complexity index is 1530. The van der Waals surface area contributed by atoms with Crippen LogP contribution in [0.3, 0.4) is 0 Å². The van der Waals surface area contributed by atoms with E-state index in [1.807, 2.05) is 16.7 Å². The molecule has 3 atom stereocenters. The van der Waals surface area contributed by atoms with Crippen LogP contribution in [0, 0.1) is 18.3 Å². The van der Waals surface area contributed by atoms with Crippen molar-refractivity contribution in [2.24, 2.45) is 11.7 Å². The minimum Gasteiger partial charge on any atom is -0.504 e. The first-order valence-electron chi connectivity index (χ1n) is 11.9. The monoisotopic (exact) mass is 484 g/mol. The Morgan fingerprint density at radius 2 is 2.03 bits per heavy atom. The van der Waals surface area contributed by atoms with E-state index < -0.39 is 5.82 Å². The van der Waals surface area contributed by atoms with Gasteiger partial charge in [0.15, 0.2) is 11.5 Å². The fourth-order valence-corrected chi connectivity index (χ4v) is 5.63. The molecular formula is C27H25FN6O2. The van der Waals surface area contributed by atoms with Crippen molar-refractivity contribution in [3.63, 3.8) is 0 Å². The number of hydrogen-bond acceptors (Lipinski definition) is 6. The van der Waals surface area contributed by atoms with Crippen LogP contribution >= 0.6 is 0 Å². The second-order valence-electron chi connectivity index (χ2n) is 9.46. The lowest BCUT2D eigenvalue weighted by Crippen LogP contribution is -2.57. The van der Waals surface area contributed by atoms with Crippen molar-refractivity contribution in [2.75, 3.05) is 18.6 Å². The smallest absolute Gasteiger partial charge is 0.222 e. The van der Waals surface area contributed by atoms with E-state index in [1.54, 1.807) is 24.4 Å². The number of nitrogens with zero attached hydrogens (tertiary/aromatic N) is 5. The highest BCUT2D eigenvalue weighted by Gasteiger charge is 2.40. The summed E-state index contributed by atoms with van der Waals surface area (Å²) in [5.41, 5.74) is 9.34. The molecule has 0 amide bonds. The lowest BCUT2D eigenvalue weighted by Gasteiger charge is -2.49. The first-order valence-corrected chi connectivity index (χ1v) is 11.9. The summed E-state index contributed by atoms with van der Waals surface area (Å²) in [6, 6.07) is 10.1. The molecule has 2 aliphatic heterocycles. The van der Waals surface area contributed by atoms with Crippen molar-refractivity contribution in [1.82, 2.24) is 14.4 Å². The second kappa shape index (κ2) is 8.50. The summed E-state index contributed by atoms with van der Waals surface area (Å²) >= 11 is 0. The van der Waals surface area contributed by atoms with E-state index in [0.29, 0.717) is 39.7 Å². The molecule has 3 unspecified atom stereocenters. The molecule has 2 saturated heterocycles. The molecular weight excluding hydrogens is 459 g/mol. The van der Waals surface area contributed by atoms with E-state index in [4.69, 9.17) is 22.0 Å². The van der Waals surface area contributed by atoms with Crippen LogP contribution in [0.4, 0.5) is 16.0 Å². The first-order chi connectivity index (χ1) is 17.5. The first kappa shape index (κ1) is 22.3. The van der Waals surface area contributed by atoms with Crippen LogP contribution < -0.4 is 15.4 Å². The minimum absolute atomic E-state index is 0.0217. The molecule has 4 aromatic rings. The molecule has 3 aliphatic rings. The van der Waals surface area contributed by atoms with Crippen LogP contribution in [-0.2, 0) is 0 Å². The number of methoxy groups -OCH3 is 1. The molecule has 9 heteroatoms. The van der Waals surface area contributed by atoms with Gasteiger partial charge in [-0.3, -0.25) is 4.40 Å². The molecule has 4 heterocycles. The van der Waals surface area contributed by atoms with Crippen LogP contribution in [0.15, 0.2) is 48.8 Å². The average Bonchev–Trinajstić information content (AvgIpc) is 3.38. The highest BCUT2D eigenvalue weighted by molar-refractivity contribution is 5.92. The maximum absolute atomic E-state index is 14.8. The van der Waals surface area contributed by atoms with Gasteiger partial charge in [0.05, 0.1) is 24.9 Å². The van der Waals surface area contributed by atoms with Crippen LogP contribution in [0.5, 0.6) is 11.5 Å². The summed E-state index contributed by atoms with van der Waals surface area (Å²) in [6.45, 7) is 8.02. The molecule has 3 fully saturated rings. The predicted molar refractivity (Wildman–Crippen MR) is 135 cm³/mol. The fraction of sp³-hybridized carbons (Fsp3) is 0.296. The normalized spacial score (nSPS) is 21.1. The Hall–Kier alpha value is -4.16. The van der Waals surface area contributed by atoms with E-state index in [1.165, 1.54) is 19.2 Å². The number of aromatic nitrogens is 3. The summed E-state index contributed by atoms with van der Waals surface area (Å²) < 4.78 is 21.9. The van der Waals surface area contributed by atoms with Crippen molar-refractivity contribution >= 4 is 17.3 Å². The fourth-order valence-electron chi connectivity index (χ4n) is 5.63. The highest BCUT2D eigenvalue weighted by Crippen LogP contribution is 2.42. The molecule has 2 aromatic carbocycles. The van der Waals surface area contributed by atoms with Gasteiger partial charge in [0, 0.05) is 36.6 Å². The second-order valence-corrected chi connectivity index (χ2v) is 9.46. The number of benzene rings is 2. The number of aromatic hydroxyl groups is 1. The Morgan fingerprint density at radius 3 is 2.69 bits per heavy atom. The summed E-state index contributed by atoms with van der Waals surface area (Å²) in [5, 5.41) is 10.5. The lowest BCUT2D eigenvalue weighted by atomic mass is 9.77. The number of anilines is 1. The number of nitrogens with two attached hydrogens (primary N) is 1. The van der Waals surface area contributed by atoms with Crippen molar-refractivity contribution in [3.05, 3.63) is 66.0 Å². The number of fused-ring (bicyclic) bond motifs is 4. The van der Waals surface area contributed by atoms with Gasteiger partial charge in [0.25, 0.3) is 0 Å². The molecule has 8 nitrogen and oxygen atoms in total. The van der Waals surface area contributed by atoms with Gasteiger partial charge in [-0.25, -0.2) is 19.2 Å². The van der Waals surface area contributed by atoms with Gasteiger partial charge in [-0.15, -0.1) is 0 Å². The van der Waals surface area contributed by atoms with Crippen LogP contribution in [0.25, 0.3) is 32.9 Å². The molecule has 1 saturated carbocycles. The summed E-state index contributed by atoms with van der Waals surface area (Å²) in [5.74, 6) is 0.840. The van der Waals surface area contributed by atoms with Crippen LogP contribution in [0.1, 0.15) is 19.3 Å². The van der Waals surface area contributed by atoms with E-state index in [-0.39, 0.29) is 23.5 Å². The van der Waals surface area contributed by atoms with Gasteiger partial charge in [-0.05, 0) is 48.9 Å². The number of hydrogen-bond donors (Lipinski definition) is 2. The average molecular weight is 485 g/mol. The van der Waals surface area contributed by atoms with Crippen molar-refractivity contribution < 1.29 is 14.2 Å². The zero-order valence-corrected chi connectivity index (χ0v) is 19.7. The Balaban J connectivity index is 1.61. The maximum atomic E-state index is 14.8. The van der Waals surface area contributed by atoms with Crippen LogP contribution in [-0.4, -0.2) is 45.2 Å². The van der Waals surface area contributed by atoms with Gasteiger partial charge in [0.1, 0.15) is 11.5 Å². The van der Waals surface area contributed by atoms with Crippen molar-refractivity contribution in [1.29, 1.82) is 0 Å². The van der Waals surface area contributed by atoms with Gasteiger partial charge in [0.2, 0.25) is 11.6 Å². The van der Waals surface area contributed by atoms with Gasteiger partial charge in [-0.1, -0.05) is 18.2 Å². The molecule has 36 heavy (non-hydrogen) atoms. The molecule has 2 aromatic heterocycles. The molecule has 0 spiro atoms. The Kier molecular flexibility index (Phi) is 5.27. The highest BCUT2D eigenvalue weighted by atomic mass is 19.1. The van der Waals surface area contributed by atoms with Crippen LogP contribution in [0.2, 0.25) is 0 Å². The summed E-state index contributed by atoms with van der Waals surface area (Å²) in [4.78, 5) is 15.3. The molecule has 2 bridgehead atoms. The molecule has 182 valence electrons. The number of rotatable bonds is 4.